The molecule has 2 aliphatic heterocycles. The van der Waals surface area contributed by atoms with Crippen LogP contribution in [0.5, 0.6) is 11.5 Å². The average Bonchev–Trinajstić information content (AvgIpc) is 3.30. The lowest BCUT2D eigenvalue weighted by Crippen LogP contribution is -2.51. The summed E-state index contributed by atoms with van der Waals surface area (Å²) in [6.07, 6.45) is 5.44. The molecule has 5 rings (SSSR count). The summed E-state index contributed by atoms with van der Waals surface area (Å²) in [4.78, 5) is 0. The molecule has 1 fully saturated rings. The van der Waals surface area contributed by atoms with Crippen molar-refractivity contribution in [1.29, 1.82) is 0 Å². The van der Waals surface area contributed by atoms with Crippen molar-refractivity contribution in [1.82, 2.24) is 5.01 Å². The van der Waals surface area contributed by atoms with Gasteiger partial charge in [-0.3, -0.25) is 0 Å². The van der Waals surface area contributed by atoms with Crippen LogP contribution < -0.4 is 9.47 Å². The van der Waals surface area contributed by atoms with Gasteiger partial charge in [-0.1, -0.05) is 18.2 Å². The molecule has 0 unspecified atom stereocenters. The topological polar surface area (TPSA) is 34.1 Å². The minimum atomic E-state index is -0.257. The Labute approximate surface area is 148 Å². The van der Waals surface area contributed by atoms with E-state index in [1.54, 1.807) is 7.11 Å². The lowest BCUT2D eigenvalue weighted by atomic mass is 9.94. The normalized spacial score (nSPS) is 23.0. The van der Waals surface area contributed by atoms with E-state index < -0.39 is 0 Å². The van der Waals surface area contributed by atoms with Gasteiger partial charge in [-0.2, -0.15) is 5.10 Å². The van der Waals surface area contributed by atoms with E-state index in [0.29, 0.717) is 0 Å². The summed E-state index contributed by atoms with van der Waals surface area (Å²) in [7, 11) is 1.69. The molecule has 3 aliphatic rings. The van der Waals surface area contributed by atoms with Crippen molar-refractivity contribution in [2.45, 2.75) is 43.9 Å². The molecule has 0 aromatic heterocycles. The van der Waals surface area contributed by atoms with Gasteiger partial charge >= 0.3 is 0 Å². The van der Waals surface area contributed by atoms with Crippen LogP contribution >= 0.6 is 0 Å². The Balaban J connectivity index is 1.56. The van der Waals surface area contributed by atoms with E-state index >= 15 is 0 Å². The van der Waals surface area contributed by atoms with Crippen LogP contribution in [0.15, 0.2) is 53.6 Å². The summed E-state index contributed by atoms with van der Waals surface area (Å²) in [5.74, 6) is 1.91. The summed E-state index contributed by atoms with van der Waals surface area (Å²) in [5.41, 5.74) is 3.31. The maximum absolute atomic E-state index is 6.51. The molecule has 2 aromatic carbocycles. The van der Waals surface area contributed by atoms with E-state index in [2.05, 4.69) is 41.4 Å². The van der Waals surface area contributed by atoms with Crippen LogP contribution in [0.3, 0.4) is 0 Å². The highest BCUT2D eigenvalue weighted by molar-refractivity contribution is 6.02. The molecular weight excluding hydrogens is 312 g/mol. The molecule has 0 radical (unpaired) electrons. The van der Waals surface area contributed by atoms with Gasteiger partial charge in [0.05, 0.1) is 18.9 Å². The highest BCUT2D eigenvalue weighted by atomic mass is 16.5. The van der Waals surface area contributed by atoms with Crippen LogP contribution in [0, 0.1) is 0 Å². The van der Waals surface area contributed by atoms with Crippen LogP contribution in [0.25, 0.3) is 0 Å². The Morgan fingerprint density at radius 1 is 1.08 bits per heavy atom. The van der Waals surface area contributed by atoms with E-state index in [9.17, 15) is 0 Å². The third-order valence-corrected chi connectivity index (χ3v) is 5.71. The number of rotatable bonds is 2. The number of nitrogens with zero attached hydrogens (tertiary/aromatic N) is 2. The first-order valence-corrected chi connectivity index (χ1v) is 9.08. The maximum Gasteiger partial charge on any atom is 0.198 e. The molecule has 2 heterocycles. The summed E-state index contributed by atoms with van der Waals surface area (Å²) in [6, 6.07) is 16.9. The van der Waals surface area contributed by atoms with Gasteiger partial charge in [0.1, 0.15) is 11.5 Å². The maximum atomic E-state index is 6.51. The second-order valence-corrected chi connectivity index (χ2v) is 7.13. The Morgan fingerprint density at radius 3 is 2.60 bits per heavy atom. The van der Waals surface area contributed by atoms with Gasteiger partial charge < -0.3 is 9.47 Å². The number of fused-ring (bicyclic) bond motifs is 4. The number of benzene rings is 2. The first-order chi connectivity index (χ1) is 12.3. The fourth-order valence-corrected chi connectivity index (χ4v) is 4.44. The predicted octanol–water partition coefficient (Wildman–Crippen LogP) is 4.51. The number of hydrogen-bond donors (Lipinski definition) is 0. The Hall–Kier alpha value is -2.49. The highest BCUT2D eigenvalue weighted by Gasteiger charge is 2.51. The van der Waals surface area contributed by atoms with Gasteiger partial charge in [-0.05, 0) is 48.7 Å². The summed E-state index contributed by atoms with van der Waals surface area (Å²) in [6.45, 7) is 0. The molecule has 1 atom stereocenters. The van der Waals surface area contributed by atoms with Gasteiger partial charge in [-0.25, -0.2) is 5.01 Å². The molecule has 0 N–H and O–H groups in total. The first-order valence-electron chi connectivity index (χ1n) is 9.08. The molecule has 2 aromatic rings. The number of para-hydroxylation sites is 1. The second-order valence-electron chi connectivity index (χ2n) is 7.13. The number of hydrazone groups is 1. The molecule has 0 saturated heterocycles. The van der Waals surface area contributed by atoms with E-state index in [0.717, 1.165) is 36.5 Å². The Morgan fingerprint density at radius 2 is 1.84 bits per heavy atom. The van der Waals surface area contributed by atoms with E-state index in [1.165, 1.54) is 24.0 Å². The fraction of sp³-hybridized carbons (Fsp3) is 0.381. The lowest BCUT2D eigenvalue weighted by Gasteiger charge is -2.45. The van der Waals surface area contributed by atoms with Crippen molar-refractivity contribution < 1.29 is 9.47 Å². The highest BCUT2D eigenvalue weighted by Crippen LogP contribution is 2.51. The number of hydrogen-bond acceptors (Lipinski definition) is 4. The van der Waals surface area contributed by atoms with Crippen LogP contribution in [-0.4, -0.2) is 23.6 Å². The Bertz CT molecular complexity index is 822. The van der Waals surface area contributed by atoms with Crippen LogP contribution in [0.4, 0.5) is 0 Å². The second kappa shape index (κ2) is 5.51. The zero-order valence-electron chi connectivity index (χ0n) is 14.4. The SMILES string of the molecule is COc1ccc(C2=NN3[C@@H](C2)c2ccccc2OC32CCCC2)cc1. The molecule has 4 nitrogen and oxygen atoms in total. The molecule has 128 valence electrons. The number of methoxy groups -OCH3 is 1. The third-order valence-electron chi connectivity index (χ3n) is 5.71. The van der Waals surface area contributed by atoms with Crippen molar-refractivity contribution in [3.8, 4) is 11.5 Å². The van der Waals surface area contributed by atoms with E-state index in [4.69, 9.17) is 14.6 Å². The van der Waals surface area contributed by atoms with E-state index in [1.807, 2.05) is 12.1 Å². The van der Waals surface area contributed by atoms with Gasteiger partial charge in [0.15, 0.2) is 5.72 Å². The monoisotopic (exact) mass is 334 g/mol. The molecule has 1 saturated carbocycles. The summed E-state index contributed by atoms with van der Waals surface area (Å²) >= 11 is 0. The molecule has 1 spiro atoms. The smallest absolute Gasteiger partial charge is 0.198 e. The van der Waals surface area contributed by atoms with Crippen molar-refractivity contribution in [2.75, 3.05) is 7.11 Å². The van der Waals surface area contributed by atoms with Gasteiger partial charge in [0, 0.05) is 24.8 Å². The summed E-state index contributed by atoms with van der Waals surface area (Å²) in [5, 5.41) is 7.32. The molecule has 1 aliphatic carbocycles. The van der Waals surface area contributed by atoms with Crippen molar-refractivity contribution in [3.05, 3.63) is 59.7 Å². The van der Waals surface area contributed by atoms with Gasteiger partial charge in [0.2, 0.25) is 0 Å². The molecule has 0 bridgehead atoms. The molecule has 25 heavy (non-hydrogen) atoms. The zero-order valence-corrected chi connectivity index (χ0v) is 14.4. The molecule has 4 heteroatoms. The average molecular weight is 334 g/mol. The largest absolute Gasteiger partial charge is 0.497 e. The minimum Gasteiger partial charge on any atom is -0.497 e. The zero-order chi connectivity index (χ0) is 16.9. The predicted molar refractivity (Wildman–Crippen MR) is 97.0 cm³/mol. The van der Waals surface area contributed by atoms with E-state index in [-0.39, 0.29) is 11.8 Å². The Kier molecular flexibility index (Phi) is 3.27. The van der Waals surface area contributed by atoms with Crippen molar-refractivity contribution in [2.24, 2.45) is 5.10 Å². The first kappa shape index (κ1) is 14.8. The minimum absolute atomic E-state index is 0.257. The molecule has 0 amide bonds. The van der Waals surface area contributed by atoms with Gasteiger partial charge in [-0.15, -0.1) is 0 Å². The van der Waals surface area contributed by atoms with Crippen LogP contribution in [0.1, 0.15) is 49.3 Å². The standard InChI is InChI=1S/C21H22N2O2/c1-24-16-10-8-15(9-11-16)18-14-19-17-6-2-3-7-20(17)25-21(23(19)22-18)12-4-5-13-21/h2-3,6-11,19H,4-5,12-14H2,1H3/t19-/m0/s1. The van der Waals surface area contributed by atoms with Crippen molar-refractivity contribution >= 4 is 5.71 Å². The fourth-order valence-electron chi connectivity index (χ4n) is 4.44. The summed E-state index contributed by atoms with van der Waals surface area (Å²) < 4.78 is 11.8. The van der Waals surface area contributed by atoms with Gasteiger partial charge in [0.25, 0.3) is 0 Å². The quantitative estimate of drug-likeness (QED) is 0.810. The van der Waals surface area contributed by atoms with Crippen LogP contribution in [0.2, 0.25) is 0 Å². The van der Waals surface area contributed by atoms with Crippen molar-refractivity contribution in [3.63, 3.8) is 0 Å². The number of ether oxygens (including phenoxy) is 2. The lowest BCUT2D eigenvalue weighted by molar-refractivity contribution is -0.114. The third kappa shape index (κ3) is 2.24. The molecular formula is C21H22N2O2. The van der Waals surface area contributed by atoms with Crippen LogP contribution in [-0.2, 0) is 0 Å².